The monoisotopic (exact) mass is 481 g/mol. The normalized spacial score (nSPS) is 17.7. The molecule has 2 aliphatic rings. The number of fused-ring (bicyclic) bond motifs is 2. The molecule has 0 bridgehead atoms. The van der Waals surface area contributed by atoms with Crippen molar-refractivity contribution in [3.63, 3.8) is 0 Å². The molecule has 3 aromatic carbocycles. The maximum Gasteiger partial charge on any atom is 0.120 e. The molecule has 1 N–H and O–H groups in total. The van der Waals surface area contributed by atoms with E-state index in [0.29, 0.717) is 12.6 Å². The van der Waals surface area contributed by atoms with Crippen molar-refractivity contribution in [3.8, 4) is 16.9 Å². The fraction of sp³-hybridized carbons (Fsp3) is 0.387. The van der Waals surface area contributed by atoms with Crippen LogP contribution in [0.3, 0.4) is 0 Å². The zero-order chi connectivity index (χ0) is 24.3. The molecule has 5 heteroatoms. The Balaban J connectivity index is 1.11. The van der Waals surface area contributed by atoms with E-state index in [1.807, 2.05) is 18.5 Å². The molecule has 1 aromatic heterocycles. The van der Waals surface area contributed by atoms with Gasteiger partial charge in [-0.1, -0.05) is 61.7 Å². The number of rotatable bonds is 7. The summed E-state index contributed by atoms with van der Waals surface area (Å²) in [4.78, 5) is 6.98. The zero-order valence-electron chi connectivity index (χ0n) is 20.9. The molecular weight excluding hydrogens is 446 g/mol. The summed E-state index contributed by atoms with van der Waals surface area (Å²) < 4.78 is 8.42. The Morgan fingerprint density at radius 2 is 1.75 bits per heavy atom. The molecular formula is C31H35N3O2. The van der Waals surface area contributed by atoms with E-state index in [4.69, 9.17) is 4.74 Å². The van der Waals surface area contributed by atoms with E-state index in [1.165, 1.54) is 48.7 Å². The third-order valence-corrected chi connectivity index (χ3v) is 7.83. The Morgan fingerprint density at radius 1 is 0.917 bits per heavy atom. The van der Waals surface area contributed by atoms with Crippen LogP contribution in [-0.2, 0) is 13.0 Å². The minimum Gasteiger partial charge on any atom is -0.491 e. The average molecular weight is 482 g/mol. The van der Waals surface area contributed by atoms with Crippen LogP contribution in [-0.4, -0.2) is 45.4 Å². The van der Waals surface area contributed by atoms with Crippen molar-refractivity contribution >= 4 is 11.0 Å². The lowest BCUT2D eigenvalue weighted by atomic mass is 9.95. The Morgan fingerprint density at radius 3 is 2.64 bits per heavy atom. The molecule has 6 rings (SSSR count). The van der Waals surface area contributed by atoms with Gasteiger partial charge in [-0.05, 0) is 65.8 Å². The second-order valence-electron chi connectivity index (χ2n) is 10.4. The van der Waals surface area contributed by atoms with Crippen LogP contribution < -0.4 is 4.74 Å². The number of hydrogen-bond acceptors (Lipinski definition) is 4. The number of ether oxygens (including phenoxy) is 1. The molecule has 186 valence electrons. The molecule has 0 spiro atoms. The fourth-order valence-electron chi connectivity index (χ4n) is 5.87. The van der Waals surface area contributed by atoms with Gasteiger partial charge in [-0.15, -0.1) is 0 Å². The van der Waals surface area contributed by atoms with Crippen LogP contribution >= 0.6 is 0 Å². The van der Waals surface area contributed by atoms with Gasteiger partial charge in [0, 0.05) is 25.7 Å². The molecule has 2 heterocycles. The van der Waals surface area contributed by atoms with Gasteiger partial charge in [-0.2, -0.15) is 0 Å². The first-order valence-electron chi connectivity index (χ1n) is 13.4. The maximum absolute atomic E-state index is 10.7. The van der Waals surface area contributed by atoms with Gasteiger partial charge >= 0.3 is 0 Å². The van der Waals surface area contributed by atoms with Gasteiger partial charge in [-0.3, -0.25) is 4.90 Å². The van der Waals surface area contributed by atoms with Gasteiger partial charge < -0.3 is 14.4 Å². The Labute approximate surface area is 213 Å². The Bertz CT molecular complexity index is 1320. The molecule has 4 aromatic rings. The second-order valence-corrected chi connectivity index (χ2v) is 10.4. The zero-order valence-corrected chi connectivity index (χ0v) is 20.9. The number of nitrogens with zero attached hydrogens (tertiary/aromatic N) is 3. The number of benzene rings is 3. The molecule has 1 unspecified atom stereocenters. The van der Waals surface area contributed by atoms with Crippen molar-refractivity contribution < 1.29 is 9.84 Å². The van der Waals surface area contributed by atoms with E-state index in [0.717, 1.165) is 41.9 Å². The van der Waals surface area contributed by atoms with Gasteiger partial charge in [0.15, 0.2) is 0 Å². The number of β-amino-alcohol motifs (C(OH)–C–C–N with tert-alkyl or cyclic N) is 1. The predicted octanol–water partition coefficient (Wildman–Crippen LogP) is 6.01. The van der Waals surface area contributed by atoms with Crippen molar-refractivity contribution in [2.45, 2.75) is 57.2 Å². The van der Waals surface area contributed by atoms with E-state index in [1.54, 1.807) is 0 Å². The molecule has 36 heavy (non-hydrogen) atoms. The van der Waals surface area contributed by atoms with Crippen LogP contribution in [0.1, 0.15) is 49.3 Å². The minimum absolute atomic E-state index is 0.287. The topological polar surface area (TPSA) is 50.5 Å². The summed E-state index contributed by atoms with van der Waals surface area (Å²) in [6.45, 7) is 2.77. The highest BCUT2D eigenvalue weighted by atomic mass is 16.5. The van der Waals surface area contributed by atoms with Crippen LogP contribution in [0.4, 0.5) is 0 Å². The summed E-state index contributed by atoms with van der Waals surface area (Å²) in [5.74, 6) is 0.788. The number of aliphatic hydroxyl groups excluding tert-OH is 1. The molecule has 1 saturated carbocycles. The third kappa shape index (κ3) is 5.04. The van der Waals surface area contributed by atoms with Gasteiger partial charge in [0.2, 0.25) is 0 Å². The lowest BCUT2D eigenvalue weighted by molar-refractivity contribution is 0.0638. The molecule has 1 aliphatic heterocycles. The summed E-state index contributed by atoms with van der Waals surface area (Å²) >= 11 is 0. The van der Waals surface area contributed by atoms with E-state index < -0.39 is 6.10 Å². The standard InChI is InChI=1S/C31H35N3O2/c35-28(20-33-16-15-23-7-4-5-8-26(23)19-33)21-36-29-12-6-9-24(17-29)25-13-14-30-31(18-25)34(22-32-30)27-10-2-1-3-11-27/h4-9,12-14,17-18,22,27-28,35H,1-3,10-11,15-16,19-21H2. The number of imidazole rings is 1. The molecule has 1 fully saturated rings. The highest BCUT2D eigenvalue weighted by molar-refractivity contribution is 5.82. The van der Waals surface area contributed by atoms with E-state index in [2.05, 4.69) is 69.0 Å². The van der Waals surface area contributed by atoms with Crippen LogP contribution in [0.15, 0.2) is 73.1 Å². The first-order chi connectivity index (χ1) is 17.7. The van der Waals surface area contributed by atoms with Crippen LogP contribution in [0.25, 0.3) is 22.2 Å². The molecule has 5 nitrogen and oxygen atoms in total. The van der Waals surface area contributed by atoms with Crippen molar-refractivity contribution in [1.82, 2.24) is 14.5 Å². The van der Waals surface area contributed by atoms with Gasteiger partial charge in [-0.25, -0.2) is 4.98 Å². The quantitative estimate of drug-likeness (QED) is 0.351. The lowest BCUT2D eigenvalue weighted by Crippen LogP contribution is -2.38. The fourth-order valence-corrected chi connectivity index (χ4v) is 5.87. The van der Waals surface area contributed by atoms with Gasteiger partial charge in [0.05, 0.1) is 17.4 Å². The summed E-state index contributed by atoms with van der Waals surface area (Å²) in [6, 6.07) is 23.9. The second kappa shape index (κ2) is 10.5. The van der Waals surface area contributed by atoms with Crippen LogP contribution in [0.5, 0.6) is 5.75 Å². The Hall–Kier alpha value is -3.15. The first-order valence-corrected chi connectivity index (χ1v) is 13.4. The van der Waals surface area contributed by atoms with Crippen LogP contribution in [0, 0.1) is 0 Å². The summed E-state index contributed by atoms with van der Waals surface area (Å²) in [5, 5.41) is 10.7. The summed E-state index contributed by atoms with van der Waals surface area (Å²) in [6.07, 6.45) is 8.97. The van der Waals surface area contributed by atoms with Crippen molar-refractivity contribution in [2.75, 3.05) is 19.7 Å². The van der Waals surface area contributed by atoms with Crippen LogP contribution in [0.2, 0.25) is 0 Å². The maximum atomic E-state index is 10.7. The predicted molar refractivity (Wildman–Crippen MR) is 144 cm³/mol. The van der Waals surface area contributed by atoms with Crippen molar-refractivity contribution in [1.29, 1.82) is 0 Å². The lowest BCUT2D eigenvalue weighted by Gasteiger charge is -2.30. The average Bonchev–Trinajstić information content (AvgIpc) is 3.36. The van der Waals surface area contributed by atoms with Gasteiger partial charge in [0.25, 0.3) is 0 Å². The number of hydrogen-bond donors (Lipinski definition) is 1. The third-order valence-electron chi connectivity index (χ3n) is 7.83. The number of aliphatic hydroxyl groups is 1. The SMILES string of the molecule is OC(COc1cccc(-c2ccc3ncn(C4CCCCC4)c3c2)c1)CN1CCc2ccccc2C1. The molecule has 0 amide bonds. The molecule has 1 aliphatic carbocycles. The van der Waals surface area contributed by atoms with Crippen molar-refractivity contribution in [2.24, 2.45) is 0 Å². The first kappa shape index (κ1) is 23.3. The summed E-state index contributed by atoms with van der Waals surface area (Å²) in [5.41, 5.74) is 7.35. The van der Waals surface area contributed by atoms with E-state index in [-0.39, 0.29) is 6.61 Å². The smallest absolute Gasteiger partial charge is 0.120 e. The molecule has 0 saturated heterocycles. The highest BCUT2D eigenvalue weighted by Crippen LogP contribution is 2.33. The summed E-state index contributed by atoms with van der Waals surface area (Å²) in [7, 11) is 0. The Kier molecular flexibility index (Phi) is 6.75. The van der Waals surface area contributed by atoms with E-state index in [9.17, 15) is 5.11 Å². The van der Waals surface area contributed by atoms with Crippen molar-refractivity contribution in [3.05, 3.63) is 84.2 Å². The largest absolute Gasteiger partial charge is 0.491 e. The number of aromatic nitrogens is 2. The highest BCUT2D eigenvalue weighted by Gasteiger charge is 2.19. The van der Waals surface area contributed by atoms with E-state index >= 15 is 0 Å². The van der Waals surface area contributed by atoms with Gasteiger partial charge in [0.1, 0.15) is 18.5 Å². The molecule has 0 radical (unpaired) electrons. The minimum atomic E-state index is -0.528. The molecule has 1 atom stereocenters.